The molecule has 0 bridgehead atoms. The fraction of sp³-hybridized carbons (Fsp3) is 0.722. The molecular formula is C18H30N4O11. The third-order valence-electron chi connectivity index (χ3n) is 4.73. The number of hydrogen-bond acceptors (Lipinski definition) is 10. The van der Waals surface area contributed by atoms with Gasteiger partial charge in [0.25, 0.3) is 0 Å². The largest absolute Gasteiger partial charge is 0.481 e. The van der Waals surface area contributed by atoms with Crippen LogP contribution in [0, 0.1) is 0 Å². The minimum atomic E-state index is -1.64. The van der Waals surface area contributed by atoms with E-state index >= 15 is 0 Å². The SMILES string of the molecule is CC(=O)N[C@H]1C(O)O[C@H](CO)[C@@H](O)[C@@H]1OCC(=O)N[C@@H](C)C(=O)N[C@@H](CCC(=O)O)C(N)=O. The lowest BCUT2D eigenvalue weighted by Gasteiger charge is -2.42. The molecule has 1 unspecified atom stereocenters. The lowest BCUT2D eigenvalue weighted by Crippen LogP contribution is -2.65. The van der Waals surface area contributed by atoms with Crippen molar-refractivity contribution in [2.45, 2.75) is 69.4 Å². The molecule has 188 valence electrons. The Morgan fingerprint density at radius 3 is 2.30 bits per heavy atom. The van der Waals surface area contributed by atoms with Crippen molar-refractivity contribution >= 4 is 29.6 Å². The zero-order valence-corrected chi connectivity index (χ0v) is 18.1. The molecule has 33 heavy (non-hydrogen) atoms. The maximum Gasteiger partial charge on any atom is 0.303 e. The Morgan fingerprint density at radius 2 is 1.79 bits per heavy atom. The molecule has 0 saturated carbocycles. The van der Waals surface area contributed by atoms with Gasteiger partial charge in [0.2, 0.25) is 23.6 Å². The second-order valence-corrected chi connectivity index (χ2v) is 7.43. The van der Waals surface area contributed by atoms with Crippen LogP contribution in [0.2, 0.25) is 0 Å². The number of carbonyl (C=O) groups excluding carboxylic acids is 4. The molecule has 0 aromatic carbocycles. The molecule has 1 fully saturated rings. The van der Waals surface area contributed by atoms with Crippen LogP contribution in [-0.4, -0.2) is 106 Å². The maximum atomic E-state index is 12.2. The van der Waals surface area contributed by atoms with Crippen molar-refractivity contribution < 1.29 is 53.9 Å². The summed E-state index contributed by atoms with van der Waals surface area (Å²) in [6, 6.07) is -3.68. The molecule has 1 rings (SSSR count). The van der Waals surface area contributed by atoms with Gasteiger partial charge in [0.15, 0.2) is 6.29 Å². The minimum Gasteiger partial charge on any atom is -0.481 e. The highest BCUT2D eigenvalue weighted by molar-refractivity contribution is 5.91. The molecule has 1 saturated heterocycles. The Morgan fingerprint density at radius 1 is 1.15 bits per heavy atom. The maximum absolute atomic E-state index is 12.2. The van der Waals surface area contributed by atoms with Gasteiger partial charge in [-0.1, -0.05) is 0 Å². The summed E-state index contributed by atoms with van der Waals surface area (Å²) in [7, 11) is 0. The Labute approximate surface area is 188 Å². The monoisotopic (exact) mass is 478 g/mol. The number of hydrogen-bond donors (Lipinski definition) is 8. The predicted octanol–water partition coefficient (Wildman–Crippen LogP) is -4.71. The quantitative estimate of drug-likeness (QED) is 0.132. The molecule has 1 aliphatic heterocycles. The molecule has 15 nitrogen and oxygen atoms in total. The summed E-state index contributed by atoms with van der Waals surface area (Å²) < 4.78 is 10.4. The molecule has 0 aromatic heterocycles. The Bertz CT molecular complexity index is 734. The average Bonchev–Trinajstić information content (AvgIpc) is 2.72. The third-order valence-corrected chi connectivity index (χ3v) is 4.73. The van der Waals surface area contributed by atoms with Gasteiger partial charge in [-0.3, -0.25) is 24.0 Å². The second kappa shape index (κ2) is 13.0. The van der Waals surface area contributed by atoms with Gasteiger partial charge in [-0.25, -0.2) is 0 Å². The van der Waals surface area contributed by atoms with E-state index in [1.807, 2.05) is 0 Å². The highest BCUT2D eigenvalue weighted by Gasteiger charge is 2.46. The van der Waals surface area contributed by atoms with Crippen LogP contribution in [0.15, 0.2) is 0 Å². The van der Waals surface area contributed by atoms with Gasteiger partial charge in [-0.05, 0) is 13.3 Å². The van der Waals surface area contributed by atoms with Crippen molar-refractivity contribution in [2.75, 3.05) is 13.2 Å². The van der Waals surface area contributed by atoms with Crippen molar-refractivity contribution in [1.82, 2.24) is 16.0 Å². The first-order valence-electron chi connectivity index (χ1n) is 9.99. The normalized spacial score (nSPS) is 26.5. The second-order valence-electron chi connectivity index (χ2n) is 7.43. The highest BCUT2D eigenvalue weighted by Crippen LogP contribution is 2.22. The van der Waals surface area contributed by atoms with E-state index in [1.165, 1.54) is 6.92 Å². The Kier molecular flexibility index (Phi) is 11.1. The fourth-order valence-corrected chi connectivity index (χ4v) is 3.04. The molecule has 0 spiro atoms. The number of rotatable bonds is 12. The summed E-state index contributed by atoms with van der Waals surface area (Å²) in [6.45, 7) is 1.06. The molecule has 15 heteroatoms. The van der Waals surface area contributed by atoms with E-state index in [9.17, 15) is 39.3 Å². The van der Waals surface area contributed by atoms with Crippen LogP contribution in [0.5, 0.6) is 0 Å². The number of ether oxygens (including phenoxy) is 2. The van der Waals surface area contributed by atoms with Gasteiger partial charge in [0, 0.05) is 13.3 Å². The summed E-state index contributed by atoms with van der Waals surface area (Å²) in [4.78, 5) is 57.8. The zero-order chi connectivity index (χ0) is 25.3. The van der Waals surface area contributed by atoms with Gasteiger partial charge in [0.1, 0.15) is 43.0 Å². The third kappa shape index (κ3) is 8.89. The van der Waals surface area contributed by atoms with Gasteiger partial charge < -0.3 is 51.6 Å². The smallest absolute Gasteiger partial charge is 0.303 e. The molecule has 7 atom stereocenters. The lowest BCUT2D eigenvalue weighted by molar-refractivity contribution is -0.261. The highest BCUT2D eigenvalue weighted by atomic mass is 16.6. The van der Waals surface area contributed by atoms with Crippen LogP contribution in [0.1, 0.15) is 26.7 Å². The van der Waals surface area contributed by atoms with Gasteiger partial charge >= 0.3 is 5.97 Å². The Balaban J connectivity index is 2.69. The van der Waals surface area contributed by atoms with Crippen molar-refractivity contribution in [1.29, 1.82) is 0 Å². The van der Waals surface area contributed by atoms with Crippen molar-refractivity contribution in [3.05, 3.63) is 0 Å². The number of carboxylic acids is 1. The van der Waals surface area contributed by atoms with E-state index in [-0.39, 0.29) is 6.42 Å². The van der Waals surface area contributed by atoms with E-state index in [0.717, 1.165) is 6.92 Å². The fourth-order valence-electron chi connectivity index (χ4n) is 3.04. The van der Waals surface area contributed by atoms with Crippen LogP contribution in [-0.2, 0) is 33.4 Å². The van der Waals surface area contributed by atoms with Gasteiger partial charge in [0.05, 0.1) is 6.61 Å². The van der Waals surface area contributed by atoms with Gasteiger partial charge in [-0.15, -0.1) is 0 Å². The summed E-state index contributed by atoms with van der Waals surface area (Å²) in [5.41, 5.74) is 5.14. The summed E-state index contributed by atoms with van der Waals surface area (Å²) >= 11 is 0. The van der Waals surface area contributed by atoms with E-state index in [0.29, 0.717) is 0 Å². The number of carbonyl (C=O) groups is 5. The van der Waals surface area contributed by atoms with Crippen molar-refractivity contribution in [3.63, 3.8) is 0 Å². The number of nitrogens with one attached hydrogen (secondary N) is 3. The number of amides is 4. The van der Waals surface area contributed by atoms with Crippen LogP contribution in [0.4, 0.5) is 0 Å². The molecule has 4 amide bonds. The van der Waals surface area contributed by atoms with Crippen molar-refractivity contribution in [2.24, 2.45) is 5.73 Å². The number of aliphatic hydroxyl groups excluding tert-OH is 3. The first-order chi connectivity index (χ1) is 15.4. The average molecular weight is 478 g/mol. The number of aliphatic carboxylic acids is 1. The zero-order valence-electron chi connectivity index (χ0n) is 18.1. The number of nitrogens with two attached hydrogens (primary N) is 1. The molecule has 1 heterocycles. The van der Waals surface area contributed by atoms with Crippen molar-refractivity contribution in [3.8, 4) is 0 Å². The number of primary amides is 1. The van der Waals surface area contributed by atoms with E-state index in [2.05, 4.69) is 16.0 Å². The summed E-state index contributed by atoms with van der Waals surface area (Å²) in [5, 5.41) is 45.1. The summed E-state index contributed by atoms with van der Waals surface area (Å²) in [5.74, 6) is -4.34. The molecule has 0 radical (unpaired) electrons. The molecule has 0 aromatic rings. The van der Waals surface area contributed by atoms with E-state index < -0.39 is 92.0 Å². The van der Waals surface area contributed by atoms with Crippen LogP contribution < -0.4 is 21.7 Å². The van der Waals surface area contributed by atoms with Gasteiger partial charge in [-0.2, -0.15) is 0 Å². The molecule has 0 aliphatic carbocycles. The summed E-state index contributed by atoms with van der Waals surface area (Å²) in [6.07, 6.45) is -6.36. The van der Waals surface area contributed by atoms with E-state index in [1.54, 1.807) is 0 Å². The molecule has 1 aliphatic rings. The molecule has 9 N–H and O–H groups in total. The standard InChI is InChI=1S/C18H30N4O11/c1-7(17(30)22-9(16(19)29)3-4-12(26)27)20-11(25)6-32-15-13(21-8(2)24)18(31)33-10(5-23)14(15)28/h7,9-10,13-15,18,23,28,31H,3-6H2,1-2H3,(H2,19,29)(H,20,25)(H,21,24)(H,22,30)(H,26,27)/t7-,9-,10+,13+,14+,15+,18?/m0/s1. The minimum absolute atomic E-state index is 0.235. The first-order valence-corrected chi connectivity index (χ1v) is 9.99. The first kappa shape index (κ1) is 28.2. The predicted molar refractivity (Wildman–Crippen MR) is 107 cm³/mol. The number of aliphatic hydroxyl groups is 3. The topological polar surface area (TPSA) is 247 Å². The number of carboxylic acid groups (broad SMARTS) is 1. The lowest BCUT2D eigenvalue weighted by atomic mass is 9.96. The van der Waals surface area contributed by atoms with Crippen LogP contribution >= 0.6 is 0 Å². The Hall–Kier alpha value is -2.85. The van der Waals surface area contributed by atoms with Crippen LogP contribution in [0.25, 0.3) is 0 Å². The van der Waals surface area contributed by atoms with E-state index in [4.69, 9.17) is 20.3 Å². The van der Waals surface area contributed by atoms with Crippen LogP contribution in [0.3, 0.4) is 0 Å². The molecular weight excluding hydrogens is 448 g/mol.